The fraction of sp³-hybridized carbons (Fsp3) is 0.173. The Bertz CT molecular complexity index is 6360. The van der Waals surface area contributed by atoms with Gasteiger partial charge in [-0.3, -0.25) is 0 Å². The summed E-state index contributed by atoms with van der Waals surface area (Å²) in [6.07, 6.45) is -3.11. The van der Waals surface area contributed by atoms with E-state index in [4.69, 9.17) is 51.1 Å². The molecule has 654 valence electrons. The van der Waals surface area contributed by atoms with Crippen LogP contribution in [0.3, 0.4) is 0 Å². The van der Waals surface area contributed by atoms with Crippen molar-refractivity contribution in [1.82, 2.24) is 15.0 Å². The highest BCUT2D eigenvalue weighted by Crippen LogP contribution is 2.42. The van der Waals surface area contributed by atoms with Crippen molar-refractivity contribution in [3.05, 3.63) is 379 Å². The third-order valence-electron chi connectivity index (χ3n) is 17.8. The van der Waals surface area contributed by atoms with E-state index in [2.05, 4.69) is 115 Å². The summed E-state index contributed by atoms with van der Waals surface area (Å²) in [5.41, 5.74) is -1.60. The molecular weight excluding hydrogens is 1790 g/mol. The molecule has 2 heterocycles. The summed E-state index contributed by atoms with van der Waals surface area (Å²) in [5.74, 6) is 16.3. The van der Waals surface area contributed by atoms with Gasteiger partial charge in [0, 0.05) is 75.6 Å². The SMILES string of the molecule is CCCCCc1cnc(C#Cc2ccc(C(F)(F)Oc3ccc(C#Cc4cc(Cl)c(C(F)(F)F)c(Cl)c4)c(F)c3)c(F)c2)nc1.CCCCOc1ccc(C#Cc2ccc(C(F)(F)Oc3ccc(C#Cc4cc(F)c(Cl)c(Cl)c4)c(F)c3)c(F)c2)nc1.CCCCc1ccc(C#Cc2ccc(C(F)(F)Oc3cc(F)c(C#Cc4cc(F)c(F)c(F)c4)c(F)c3)cc2)cc1. The lowest BCUT2D eigenvalue weighted by molar-refractivity contribution is -0.188. The van der Waals surface area contributed by atoms with E-state index in [0.717, 1.165) is 148 Å². The zero-order valence-electron chi connectivity index (χ0n) is 66.8. The number of unbranched alkanes of at least 4 members (excludes halogenated alkanes) is 4. The molecule has 0 saturated heterocycles. The average molecular weight is 1850 g/mol. The molecule has 0 amide bonds. The average Bonchev–Trinajstić information content (AvgIpc) is 0.813. The van der Waals surface area contributed by atoms with E-state index in [0.29, 0.717) is 60.0 Å². The van der Waals surface area contributed by atoms with E-state index >= 15 is 0 Å². The number of hydrogen-bond donors (Lipinski definition) is 0. The number of benzene rings is 10. The van der Waals surface area contributed by atoms with Crippen LogP contribution in [0.5, 0.6) is 23.0 Å². The zero-order chi connectivity index (χ0) is 92.6. The molecular formula is C98H62Cl4F19N3O4. The van der Waals surface area contributed by atoms with Gasteiger partial charge in [-0.1, -0.05) is 164 Å². The van der Waals surface area contributed by atoms with Gasteiger partial charge in [0.2, 0.25) is 5.82 Å². The van der Waals surface area contributed by atoms with Gasteiger partial charge in [0.25, 0.3) is 0 Å². The fourth-order valence-electron chi connectivity index (χ4n) is 11.2. The van der Waals surface area contributed by atoms with Crippen LogP contribution in [0, 0.1) is 129 Å². The highest BCUT2D eigenvalue weighted by molar-refractivity contribution is 6.42. The maximum Gasteiger partial charge on any atom is 0.429 e. The summed E-state index contributed by atoms with van der Waals surface area (Å²) in [5, 5.41) is -1.75. The Labute approximate surface area is 742 Å². The molecule has 0 aliphatic rings. The number of alkyl halides is 9. The van der Waals surface area contributed by atoms with Gasteiger partial charge in [-0.05, 0) is 201 Å². The van der Waals surface area contributed by atoms with E-state index in [1.165, 1.54) is 42.1 Å². The first-order valence-electron chi connectivity index (χ1n) is 38.3. The molecule has 0 saturated carbocycles. The van der Waals surface area contributed by atoms with Gasteiger partial charge in [-0.15, -0.1) is 0 Å². The molecule has 0 radical (unpaired) electrons. The Balaban J connectivity index is 0.000000200. The Kier molecular flexibility index (Phi) is 33.6. The normalized spacial score (nSPS) is 11.0. The molecule has 2 aromatic heterocycles. The zero-order valence-corrected chi connectivity index (χ0v) is 69.8. The van der Waals surface area contributed by atoms with Gasteiger partial charge >= 0.3 is 24.5 Å². The molecule has 0 spiro atoms. The van der Waals surface area contributed by atoms with E-state index in [1.54, 1.807) is 24.5 Å². The van der Waals surface area contributed by atoms with Crippen molar-refractivity contribution < 1.29 is 102 Å². The molecule has 0 fully saturated rings. The summed E-state index contributed by atoms with van der Waals surface area (Å²) in [6.45, 7) is 6.85. The lowest BCUT2D eigenvalue weighted by Crippen LogP contribution is -2.23. The van der Waals surface area contributed by atoms with Gasteiger partial charge in [0.15, 0.2) is 17.5 Å². The van der Waals surface area contributed by atoms with Crippen LogP contribution in [-0.2, 0) is 37.3 Å². The topological polar surface area (TPSA) is 75.6 Å². The molecule has 12 rings (SSSR count). The summed E-state index contributed by atoms with van der Waals surface area (Å²) < 4.78 is 288. The van der Waals surface area contributed by atoms with E-state index in [9.17, 15) is 83.4 Å². The van der Waals surface area contributed by atoms with E-state index < -0.39 is 138 Å². The number of halogens is 23. The highest BCUT2D eigenvalue weighted by atomic mass is 35.5. The maximum atomic E-state index is 14.9. The van der Waals surface area contributed by atoms with Crippen molar-refractivity contribution >= 4 is 46.4 Å². The van der Waals surface area contributed by atoms with Crippen molar-refractivity contribution in [2.45, 2.75) is 103 Å². The first kappa shape index (κ1) is 97.0. The first-order valence-corrected chi connectivity index (χ1v) is 39.8. The quantitative estimate of drug-likeness (QED) is 0.0326. The maximum absolute atomic E-state index is 14.9. The number of aryl methyl sites for hydroxylation is 2. The second-order valence-corrected chi connectivity index (χ2v) is 29.0. The fourth-order valence-corrected chi connectivity index (χ4v) is 12.2. The molecule has 0 aliphatic heterocycles. The largest absolute Gasteiger partial charge is 0.492 e. The minimum Gasteiger partial charge on any atom is -0.492 e. The first-order chi connectivity index (χ1) is 60.9. The van der Waals surface area contributed by atoms with Crippen molar-refractivity contribution in [3.63, 3.8) is 0 Å². The second kappa shape index (κ2) is 44.3. The number of aromatic nitrogens is 3. The number of hydrogen-bond acceptors (Lipinski definition) is 7. The van der Waals surface area contributed by atoms with E-state index in [-0.39, 0.29) is 54.8 Å². The van der Waals surface area contributed by atoms with Gasteiger partial charge in [-0.25, -0.2) is 58.9 Å². The Morgan fingerprint density at radius 2 is 0.750 bits per heavy atom. The minimum atomic E-state index is -4.79. The van der Waals surface area contributed by atoms with Gasteiger partial charge in [0.1, 0.15) is 80.5 Å². The third-order valence-corrected chi connectivity index (χ3v) is 19.2. The Morgan fingerprint density at radius 1 is 0.320 bits per heavy atom. The Morgan fingerprint density at radius 3 is 1.24 bits per heavy atom. The van der Waals surface area contributed by atoms with Crippen LogP contribution in [0.4, 0.5) is 83.4 Å². The van der Waals surface area contributed by atoms with Crippen molar-refractivity contribution in [3.8, 4) is 94.0 Å². The number of pyridine rings is 1. The Hall–Kier alpha value is -13.2. The van der Waals surface area contributed by atoms with Crippen LogP contribution in [0.15, 0.2) is 201 Å². The molecule has 0 N–H and O–H groups in total. The van der Waals surface area contributed by atoms with Gasteiger partial charge < -0.3 is 18.9 Å². The molecule has 10 aromatic carbocycles. The number of rotatable bonds is 20. The summed E-state index contributed by atoms with van der Waals surface area (Å²) >= 11 is 22.8. The predicted octanol–water partition coefficient (Wildman–Crippen LogP) is 27.3. The summed E-state index contributed by atoms with van der Waals surface area (Å²) in [4.78, 5) is 12.5. The molecule has 0 atom stereocenters. The monoisotopic (exact) mass is 1850 g/mol. The number of ether oxygens (including phenoxy) is 4. The number of nitrogens with zero attached hydrogens (tertiary/aromatic N) is 3. The molecule has 30 heteroatoms. The molecule has 0 bridgehead atoms. The third kappa shape index (κ3) is 27.7. The molecule has 7 nitrogen and oxygen atoms in total. The van der Waals surface area contributed by atoms with Crippen LogP contribution >= 0.6 is 46.4 Å². The molecule has 12 aromatic rings. The lowest BCUT2D eigenvalue weighted by Gasteiger charge is -2.19. The van der Waals surface area contributed by atoms with Crippen LogP contribution in [0.1, 0.15) is 166 Å². The van der Waals surface area contributed by atoms with Crippen LogP contribution < -0.4 is 18.9 Å². The van der Waals surface area contributed by atoms with Crippen molar-refractivity contribution in [1.29, 1.82) is 0 Å². The molecule has 128 heavy (non-hydrogen) atoms. The van der Waals surface area contributed by atoms with Gasteiger partial charge in [-0.2, -0.15) is 39.5 Å². The summed E-state index contributed by atoms with van der Waals surface area (Å²) in [7, 11) is 0. The predicted molar refractivity (Wildman–Crippen MR) is 447 cm³/mol. The van der Waals surface area contributed by atoms with Crippen LogP contribution in [0.2, 0.25) is 20.1 Å². The second-order valence-electron chi connectivity index (χ2n) is 27.4. The summed E-state index contributed by atoms with van der Waals surface area (Å²) in [6, 6.07) is 33.3. The minimum absolute atomic E-state index is 0.0453. The van der Waals surface area contributed by atoms with Gasteiger partial charge in [0.05, 0.1) is 60.7 Å². The van der Waals surface area contributed by atoms with Crippen LogP contribution in [0.25, 0.3) is 0 Å². The van der Waals surface area contributed by atoms with Crippen molar-refractivity contribution in [2.75, 3.05) is 6.61 Å². The van der Waals surface area contributed by atoms with Crippen LogP contribution in [-0.4, -0.2) is 21.6 Å². The molecule has 0 unspecified atom stereocenters. The highest BCUT2D eigenvalue weighted by Gasteiger charge is 2.41. The van der Waals surface area contributed by atoms with Crippen molar-refractivity contribution in [2.24, 2.45) is 0 Å². The molecule has 0 aliphatic carbocycles. The standard InChI is InChI=1S/C33H21Cl2F7N2O.C33H21F7O.C32H20Cl2F5NO2/c1-2-3-4-5-22-18-43-30(44-19-22)13-8-20-7-12-25(29(37)16-20)33(41,42)45-24-11-10-23(28(36)17-24)9-6-21-14-26(34)31(27(35)15-21)32(38,39)40;1-2-3-4-21-5-7-22(8-6-21)9-10-23-11-14-25(15-12-23)33(39,40)41-26-19-28(34)27(29(35)20-26)16-13-24-17-30(36)32(38)31(37)18-24;1-2-3-14-41-25-12-10-23(40-19-25)9-5-20-6-13-26(29(36)16-20)32(38,39)42-24-11-8-22(28(35)18-24)7-4-21-15-27(33)31(34)30(37)17-21/h7,10-12,14-19H,2-5H2,1H3;5-8,11-12,14-15,17-20H,2-4H2,1H3;6,8,10-13,15-19H,2-3,14H2,1H3. The lowest BCUT2D eigenvalue weighted by atomic mass is 10.1. The van der Waals surface area contributed by atoms with E-state index in [1.807, 2.05) is 30.2 Å². The smallest absolute Gasteiger partial charge is 0.429 e.